The maximum atomic E-state index is 5.35. The third kappa shape index (κ3) is 5.89. The zero-order valence-corrected chi connectivity index (χ0v) is 7.66. The van der Waals surface area contributed by atoms with Crippen LogP contribution in [0.2, 0.25) is 0 Å². The fourth-order valence-electron chi connectivity index (χ4n) is 0.614. The molecule has 0 heterocycles. The van der Waals surface area contributed by atoms with Gasteiger partial charge in [0.15, 0.2) is 0 Å². The van der Waals surface area contributed by atoms with E-state index in [0.29, 0.717) is 6.54 Å². The van der Waals surface area contributed by atoms with Crippen molar-refractivity contribution in [1.82, 2.24) is 0 Å². The standard InChI is InChI=1S/C7H9N.C3H9N/c8-6-7-4-2-1-3-5-7;1-2-3-4/h1-5H,6,8H2;2-4H2,1H3. The molecule has 0 spiro atoms. The van der Waals surface area contributed by atoms with Gasteiger partial charge in [-0.1, -0.05) is 37.3 Å². The Morgan fingerprint density at radius 3 is 1.83 bits per heavy atom. The average molecular weight is 166 g/mol. The Bertz CT molecular complexity index is 170. The van der Waals surface area contributed by atoms with Crippen LogP contribution in [0.3, 0.4) is 0 Å². The van der Waals surface area contributed by atoms with Crippen molar-refractivity contribution in [3.63, 3.8) is 0 Å². The predicted molar refractivity (Wildman–Crippen MR) is 53.7 cm³/mol. The number of rotatable bonds is 2. The lowest BCUT2D eigenvalue weighted by Crippen LogP contribution is -1.94. The highest BCUT2D eigenvalue weighted by Crippen LogP contribution is 1.94. The molecule has 4 N–H and O–H groups in total. The smallest absolute Gasteiger partial charge is 0.0178 e. The number of benzene rings is 1. The fraction of sp³-hybridized carbons (Fsp3) is 0.400. The molecule has 0 aliphatic heterocycles. The largest absolute Gasteiger partial charge is 0.330 e. The van der Waals surface area contributed by atoms with Gasteiger partial charge < -0.3 is 11.5 Å². The van der Waals surface area contributed by atoms with Gasteiger partial charge in [-0.25, -0.2) is 0 Å². The number of hydrogen-bond acceptors (Lipinski definition) is 2. The summed E-state index contributed by atoms with van der Waals surface area (Å²) in [7, 11) is 0. The second-order valence-corrected chi connectivity index (χ2v) is 2.48. The van der Waals surface area contributed by atoms with E-state index in [1.807, 2.05) is 30.3 Å². The Morgan fingerprint density at radius 2 is 1.58 bits per heavy atom. The zero-order chi connectivity index (χ0) is 9.23. The predicted octanol–water partition coefficient (Wildman–Crippen LogP) is 1.50. The van der Waals surface area contributed by atoms with E-state index < -0.39 is 0 Å². The van der Waals surface area contributed by atoms with Gasteiger partial charge in [0.2, 0.25) is 0 Å². The molecule has 0 saturated heterocycles. The molecule has 0 bridgehead atoms. The molecule has 0 unspecified atom stereocenters. The summed E-state index contributed by atoms with van der Waals surface area (Å²) in [5.74, 6) is 0. The van der Waals surface area contributed by atoms with Crippen LogP contribution in [0.4, 0.5) is 0 Å². The summed E-state index contributed by atoms with van der Waals surface area (Å²) in [5.41, 5.74) is 11.6. The Labute approximate surface area is 74.6 Å². The summed E-state index contributed by atoms with van der Waals surface area (Å²) in [6.45, 7) is 3.51. The maximum Gasteiger partial charge on any atom is 0.0178 e. The molecule has 0 aliphatic rings. The van der Waals surface area contributed by atoms with Crippen LogP contribution in [0, 0.1) is 0 Å². The average Bonchev–Trinajstić information content (AvgIpc) is 2.19. The summed E-state index contributed by atoms with van der Waals surface area (Å²) in [5, 5.41) is 0. The molecule has 1 aromatic rings. The molecule has 0 amide bonds. The van der Waals surface area contributed by atoms with Crippen molar-refractivity contribution in [2.45, 2.75) is 19.9 Å². The number of nitrogens with two attached hydrogens (primary N) is 2. The molecule has 0 atom stereocenters. The minimum atomic E-state index is 0.640. The summed E-state index contributed by atoms with van der Waals surface area (Å²) in [6, 6.07) is 9.99. The molecule has 0 radical (unpaired) electrons. The molecule has 12 heavy (non-hydrogen) atoms. The van der Waals surface area contributed by atoms with Crippen LogP contribution in [0.25, 0.3) is 0 Å². The second-order valence-electron chi connectivity index (χ2n) is 2.48. The van der Waals surface area contributed by atoms with Gasteiger partial charge in [-0.05, 0) is 18.5 Å². The van der Waals surface area contributed by atoms with Crippen LogP contribution in [0.5, 0.6) is 0 Å². The van der Waals surface area contributed by atoms with Gasteiger partial charge >= 0.3 is 0 Å². The Hall–Kier alpha value is -0.860. The Morgan fingerprint density at radius 1 is 1.08 bits per heavy atom. The van der Waals surface area contributed by atoms with Crippen molar-refractivity contribution in [3.05, 3.63) is 35.9 Å². The van der Waals surface area contributed by atoms with E-state index in [2.05, 4.69) is 6.92 Å². The summed E-state index contributed by atoms with van der Waals surface area (Å²) in [6.07, 6.45) is 1.10. The van der Waals surface area contributed by atoms with Gasteiger partial charge in [0, 0.05) is 6.54 Å². The van der Waals surface area contributed by atoms with E-state index in [0.717, 1.165) is 13.0 Å². The molecule has 2 heteroatoms. The minimum Gasteiger partial charge on any atom is -0.330 e. The normalized spacial score (nSPS) is 8.58. The van der Waals surface area contributed by atoms with Crippen LogP contribution >= 0.6 is 0 Å². The monoisotopic (exact) mass is 166 g/mol. The van der Waals surface area contributed by atoms with E-state index in [1.54, 1.807) is 0 Å². The summed E-state index contributed by atoms with van der Waals surface area (Å²) < 4.78 is 0. The highest BCUT2D eigenvalue weighted by Gasteiger charge is 1.80. The third-order valence-corrected chi connectivity index (χ3v) is 1.37. The molecule has 1 rings (SSSR count). The summed E-state index contributed by atoms with van der Waals surface area (Å²) >= 11 is 0. The lowest BCUT2D eigenvalue weighted by Gasteiger charge is -1.90. The molecule has 0 saturated carbocycles. The van der Waals surface area contributed by atoms with E-state index in [4.69, 9.17) is 11.5 Å². The molecule has 0 aromatic heterocycles. The van der Waals surface area contributed by atoms with Crippen LogP contribution in [0.15, 0.2) is 30.3 Å². The van der Waals surface area contributed by atoms with Gasteiger partial charge in [0.25, 0.3) is 0 Å². The van der Waals surface area contributed by atoms with E-state index in [-0.39, 0.29) is 0 Å². The lowest BCUT2D eigenvalue weighted by atomic mass is 10.2. The maximum absolute atomic E-state index is 5.35. The Kier molecular flexibility index (Phi) is 7.65. The first-order valence-electron chi connectivity index (χ1n) is 4.29. The van der Waals surface area contributed by atoms with Crippen LogP contribution in [0.1, 0.15) is 18.9 Å². The van der Waals surface area contributed by atoms with Crippen molar-refractivity contribution >= 4 is 0 Å². The summed E-state index contributed by atoms with van der Waals surface area (Å²) in [4.78, 5) is 0. The van der Waals surface area contributed by atoms with E-state index in [1.165, 1.54) is 5.56 Å². The fourth-order valence-corrected chi connectivity index (χ4v) is 0.614. The SMILES string of the molecule is CCCN.NCc1ccccc1. The molecule has 0 fully saturated rings. The van der Waals surface area contributed by atoms with Crippen molar-refractivity contribution in [2.75, 3.05) is 6.54 Å². The molecular weight excluding hydrogens is 148 g/mol. The quantitative estimate of drug-likeness (QED) is 0.699. The van der Waals surface area contributed by atoms with E-state index >= 15 is 0 Å². The third-order valence-electron chi connectivity index (χ3n) is 1.37. The van der Waals surface area contributed by atoms with Crippen molar-refractivity contribution < 1.29 is 0 Å². The highest BCUT2D eigenvalue weighted by molar-refractivity contribution is 5.13. The number of hydrogen-bond donors (Lipinski definition) is 2. The van der Waals surface area contributed by atoms with Gasteiger partial charge in [0.1, 0.15) is 0 Å². The first-order chi connectivity index (χ1) is 5.85. The van der Waals surface area contributed by atoms with E-state index in [9.17, 15) is 0 Å². The van der Waals surface area contributed by atoms with Crippen molar-refractivity contribution in [3.8, 4) is 0 Å². The topological polar surface area (TPSA) is 52.0 Å². The van der Waals surface area contributed by atoms with Crippen molar-refractivity contribution in [2.24, 2.45) is 11.5 Å². The molecule has 2 nitrogen and oxygen atoms in total. The molecule has 68 valence electrons. The lowest BCUT2D eigenvalue weighted by molar-refractivity contribution is 0.932. The highest BCUT2D eigenvalue weighted by atomic mass is 14.5. The minimum absolute atomic E-state index is 0.640. The van der Waals surface area contributed by atoms with Crippen LogP contribution in [-0.2, 0) is 6.54 Å². The molecular formula is C10H18N2. The Balaban J connectivity index is 0.000000261. The second kappa shape index (κ2) is 8.24. The first-order valence-corrected chi connectivity index (χ1v) is 4.29. The van der Waals surface area contributed by atoms with Gasteiger partial charge in [-0.2, -0.15) is 0 Å². The van der Waals surface area contributed by atoms with Gasteiger partial charge in [-0.3, -0.25) is 0 Å². The zero-order valence-electron chi connectivity index (χ0n) is 7.66. The van der Waals surface area contributed by atoms with Crippen LogP contribution in [-0.4, -0.2) is 6.54 Å². The van der Waals surface area contributed by atoms with Crippen LogP contribution < -0.4 is 11.5 Å². The first kappa shape index (κ1) is 11.1. The molecule has 1 aromatic carbocycles. The van der Waals surface area contributed by atoms with Gasteiger partial charge in [-0.15, -0.1) is 0 Å². The van der Waals surface area contributed by atoms with Gasteiger partial charge in [0.05, 0.1) is 0 Å². The molecule has 0 aliphatic carbocycles. The van der Waals surface area contributed by atoms with Crippen molar-refractivity contribution in [1.29, 1.82) is 0 Å².